The van der Waals surface area contributed by atoms with Crippen molar-refractivity contribution in [1.82, 2.24) is 9.97 Å². The molecule has 1 atom stereocenters. The average Bonchev–Trinajstić information content (AvgIpc) is 3.31. The van der Waals surface area contributed by atoms with Gasteiger partial charge in [-0.1, -0.05) is 29.5 Å². The summed E-state index contributed by atoms with van der Waals surface area (Å²) >= 11 is 1.29. The molecule has 3 heterocycles. The number of aryl methyl sites for hydroxylation is 2. The number of nitrogens with zero attached hydrogens (tertiary/aromatic N) is 3. The number of amides is 1. The van der Waals surface area contributed by atoms with E-state index >= 15 is 0 Å². The molecule has 3 aromatic rings. The number of pyridine rings is 1. The van der Waals surface area contributed by atoms with E-state index in [4.69, 9.17) is 0 Å². The fourth-order valence-electron chi connectivity index (χ4n) is 3.70. The summed E-state index contributed by atoms with van der Waals surface area (Å²) in [6.07, 6.45) is 5.79. The Morgan fingerprint density at radius 1 is 1.23 bits per heavy atom. The molecular weight excluding hydrogens is 401 g/mol. The Labute approximate surface area is 178 Å². The molecule has 0 aliphatic carbocycles. The van der Waals surface area contributed by atoms with Gasteiger partial charge in [-0.3, -0.25) is 19.5 Å². The lowest BCUT2D eigenvalue weighted by Crippen LogP contribution is -2.27. The molecule has 1 saturated heterocycles. The number of carbonyl (C=O) groups is 2. The van der Waals surface area contributed by atoms with E-state index in [0.29, 0.717) is 41.5 Å². The molecular formula is C23H22FN3O2S. The predicted octanol–water partition coefficient (Wildman–Crippen LogP) is 4.40. The van der Waals surface area contributed by atoms with E-state index in [1.165, 1.54) is 23.5 Å². The topological polar surface area (TPSA) is 63.2 Å². The van der Waals surface area contributed by atoms with Crippen LogP contribution in [0.1, 0.15) is 39.3 Å². The van der Waals surface area contributed by atoms with E-state index in [2.05, 4.69) is 9.97 Å². The van der Waals surface area contributed by atoms with E-state index in [-0.39, 0.29) is 23.4 Å². The van der Waals surface area contributed by atoms with Crippen LogP contribution in [0.2, 0.25) is 0 Å². The minimum atomic E-state index is -0.280. The monoisotopic (exact) mass is 423 g/mol. The summed E-state index contributed by atoms with van der Waals surface area (Å²) in [5.41, 5.74) is 2.63. The number of hydrogen-bond acceptors (Lipinski definition) is 5. The molecule has 154 valence electrons. The van der Waals surface area contributed by atoms with Crippen molar-refractivity contribution in [3.63, 3.8) is 0 Å². The predicted molar refractivity (Wildman–Crippen MR) is 114 cm³/mol. The standard InChI is InChI=1S/C23H22FN3O2S/c1-15-21(20(28)9-6-17-3-2-11-25-14-17)30-23(26-15)27-12-10-18(22(27)29)13-16-4-7-19(24)8-5-16/h2-5,7-8,11,14,18H,6,9-10,12-13H2,1H3. The van der Waals surface area contributed by atoms with Gasteiger partial charge >= 0.3 is 0 Å². The molecule has 7 heteroatoms. The smallest absolute Gasteiger partial charge is 0.232 e. The van der Waals surface area contributed by atoms with Gasteiger partial charge in [0.25, 0.3) is 0 Å². The van der Waals surface area contributed by atoms with E-state index in [0.717, 1.165) is 17.5 Å². The lowest BCUT2D eigenvalue weighted by Gasteiger charge is -2.13. The molecule has 1 unspecified atom stereocenters. The molecule has 1 fully saturated rings. The second-order valence-electron chi connectivity index (χ2n) is 7.50. The summed E-state index contributed by atoms with van der Waals surface area (Å²) in [5.74, 6) is -0.376. The Hall–Kier alpha value is -2.93. The van der Waals surface area contributed by atoms with Gasteiger partial charge in [-0.25, -0.2) is 9.37 Å². The number of halogens is 1. The molecule has 0 saturated carbocycles. The Balaban J connectivity index is 1.41. The fraction of sp³-hybridized carbons (Fsp3) is 0.304. The van der Waals surface area contributed by atoms with Gasteiger partial charge in [0.2, 0.25) is 5.91 Å². The maximum absolute atomic E-state index is 13.1. The molecule has 5 nitrogen and oxygen atoms in total. The van der Waals surface area contributed by atoms with Crippen molar-refractivity contribution in [1.29, 1.82) is 0 Å². The molecule has 1 aliphatic heterocycles. The number of Topliss-reactive ketones (excluding diaryl/α,β-unsaturated/α-hetero) is 1. The zero-order chi connectivity index (χ0) is 21.1. The van der Waals surface area contributed by atoms with Crippen LogP contribution >= 0.6 is 11.3 Å². The zero-order valence-corrected chi connectivity index (χ0v) is 17.5. The normalized spacial score (nSPS) is 16.3. The first-order chi connectivity index (χ1) is 14.5. The third kappa shape index (κ3) is 4.46. The third-order valence-electron chi connectivity index (χ3n) is 5.34. The average molecular weight is 424 g/mol. The third-order valence-corrected chi connectivity index (χ3v) is 6.57. The van der Waals surface area contributed by atoms with E-state index in [1.807, 2.05) is 19.1 Å². The van der Waals surface area contributed by atoms with Crippen molar-refractivity contribution < 1.29 is 14.0 Å². The van der Waals surface area contributed by atoms with Gasteiger partial charge in [0.1, 0.15) is 5.82 Å². The summed E-state index contributed by atoms with van der Waals surface area (Å²) in [6, 6.07) is 10.1. The molecule has 1 aromatic carbocycles. The SMILES string of the molecule is Cc1nc(N2CCC(Cc3ccc(F)cc3)C2=O)sc1C(=O)CCc1cccnc1. The van der Waals surface area contributed by atoms with Crippen LogP contribution in [0.4, 0.5) is 9.52 Å². The van der Waals surface area contributed by atoms with Crippen molar-refractivity contribution in [3.8, 4) is 0 Å². The Morgan fingerprint density at radius 2 is 2.03 bits per heavy atom. The number of rotatable bonds is 7. The Bertz CT molecular complexity index is 1050. The van der Waals surface area contributed by atoms with E-state index in [1.54, 1.807) is 29.4 Å². The number of ketones is 1. The van der Waals surface area contributed by atoms with Crippen LogP contribution in [0.5, 0.6) is 0 Å². The van der Waals surface area contributed by atoms with Gasteiger partial charge in [-0.15, -0.1) is 0 Å². The Morgan fingerprint density at radius 3 is 2.77 bits per heavy atom. The summed E-state index contributed by atoms with van der Waals surface area (Å²) in [4.78, 5) is 36.5. The molecule has 1 aliphatic rings. The molecule has 0 bridgehead atoms. The van der Waals surface area contributed by atoms with Crippen LogP contribution in [0.3, 0.4) is 0 Å². The highest BCUT2D eigenvalue weighted by Crippen LogP contribution is 2.33. The number of aromatic nitrogens is 2. The maximum Gasteiger partial charge on any atom is 0.232 e. The second kappa shape index (κ2) is 8.83. The van der Waals surface area contributed by atoms with Crippen molar-refractivity contribution >= 4 is 28.2 Å². The van der Waals surface area contributed by atoms with Crippen LogP contribution in [0, 0.1) is 18.7 Å². The van der Waals surface area contributed by atoms with Gasteiger partial charge in [0, 0.05) is 31.3 Å². The van der Waals surface area contributed by atoms with Crippen LogP contribution in [0.25, 0.3) is 0 Å². The molecule has 0 spiro atoms. The lowest BCUT2D eigenvalue weighted by molar-refractivity contribution is -0.120. The molecule has 30 heavy (non-hydrogen) atoms. The first-order valence-electron chi connectivity index (χ1n) is 9.96. The lowest BCUT2D eigenvalue weighted by atomic mass is 9.98. The molecule has 4 rings (SSSR count). The quantitative estimate of drug-likeness (QED) is 0.529. The van der Waals surface area contributed by atoms with Crippen molar-refractivity contribution in [2.45, 2.75) is 32.6 Å². The fourth-order valence-corrected chi connectivity index (χ4v) is 4.76. The van der Waals surface area contributed by atoms with Gasteiger partial charge < -0.3 is 0 Å². The highest BCUT2D eigenvalue weighted by atomic mass is 32.1. The minimum Gasteiger partial charge on any atom is -0.293 e. The van der Waals surface area contributed by atoms with Gasteiger partial charge in [0.15, 0.2) is 10.9 Å². The van der Waals surface area contributed by atoms with Gasteiger partial charge in [-0.2, -0.15) is 0 Å². The summed E-state index contributed by atoms with van der Waals surface area (Å²) in [6.45, 7) is 2.40. The van der Waals surface area contributed by atoms with Crippen molar-refractivity contribution in [3.05, 3.63) is 76.3 Å². The number of thiazole rings is 1. The highest BCUT2D eigenvalue weighted by Gasteiger charge is 2.34. The molecule has 1 amide bonds. The largest absolute Gasteiger partial charge is 0.293 e. The minimum absolute atomic E-state index is 0.0161. The highest BCUT2D eigenvalue weighted by molar-refractivity contribution is 7.17. The van der Waals surface area contributed by atoms with Crippen LogP contribution in [-0.2, 0) is 17.6 Å². The first-order valence-corrected chi connectivity index (χ1v) is 10.8. The number of benzene rings is 1. The second-order valence-corrected chi connectivity index (χ2v) is 8.48. The van der Waals surface area contributed by atoms with Gasteiger partial charge in [0.05, 0.1) is 10.6 Å². The van der Waals surface area contributed by atoms with Crippen molar-refractivity contribution in [2.75, 3.05) is 11.4 Å². The number of anilines is 1. The first kappa shape index (κ1) is 20.3. The van der Waals surface area contributed by atoms with E-state index in [9.17, 15) is 14.0 Å². The zero-order valence-electron chi connectivity index (χ0n) is 16.7. The summed E-state index contributed by atoms with van der Waals surface area (Å²) in [7, 11) is 0. The maximum atomic E-state index is 13.1. The van der Waals surface area contributed by atoms with Gasteiger partial charge in [-0.05, 0) is 55.5 Å². The van der Waals surface area contributed by atoms with Crippen LogP contribution in [0.15, 0.2) is 48.8 Å². The van der Waals surface area contributed by atoms with Crippen LogP contribution < -0.4 is 4.90 Å². The molecule has 0 N–H and O–H groups in total. The number of hydrogen-bond donors (Lipinski definition) is 0. The van der Waals surface area contributed by atoms with Crippen molar-refractivity contribution in [2.24, 2.45) is 5.92 Å². The van der Waals surface area contributed by atoms with Crippen LogP contribution in [-0.4, -0.2) is 28.2 Å². The molecule has 0 radical (unpaired) electrons. The summed E-state index contributed by atoms with van der Waals surface area (Å²) in [5, 5.41) is 0.587. The number of carbonyl (C=O) groups excluding carboxylic acids is 2. The van der Waals surface area contributed by atoms with E-state index < -0.39 is 0 Å². The summed E-state index contributed by atoms with van der Waals surface area (Å²) < 4.78 is 13.1. The molecule has 2 aromatic heterocycles. The Kier molecular flexibility index (Phi) is 5.99.